The molecule has 2 rings (SSSR count). The molecule has 0 aliphatic carbocycles. The predicted octanol–water partition coefficient (Wildman–Crippen LogP) is 4.09. The third-order valence-electron chi connectivity index (χ3n) is 2.95. The van der Waals surface area contributed by atoms with Crippen LogP contribution in [0.1, 0.15) is 18.1 Å². The van der Waals surface area contributed by atoms with Gasteiger partial charge < -0.3 is 10.5 Å². The van der Waals surface area contributed by atoms with E-state index in [9.17, 15) is 8.78 Å². The van der Waals surface area contributed by atoms with Gasteiger partial charge in [0, 0.05) is 16.6 Å². The molecule has 0 aromatic heterocycles. The standard InChI is InChI=1S/C16H16ClF2NO/c1-10(20)6-11-2-5-16(15(19)7-11)21-9-12-3-4-13(17)8-14(12)18/h2-5,7-8,10H,6,9,20H2,1H3. The molecule has 0 saturated heterocycles. The smallest absolute Gasteiger partial charge is 0.165 e. The van der Waals surface area contributed by atoms with E-state index in [0.717, 1.165) is 5.56 Å². The number of hydrogen-bond acceptors (Lipinski definition) is 2. The first-order valence-electron chi connectivity index (χ1n) is 6.56. The van der Waals surface area contributed by atoms with E-state index in [0.29, 0.717) is 17.0 Å². The van der Waals surface area contributed by atoms with E-state index < -0.39 is 11.6 Å². The number of nitrogens with two attached hydrogens (primary N) is 1. The van der Waals surface area contributed by atoms with Gasteiger partial charge >= 0.3 is 0 Å². The van der Waals surface area contributed by atoms with Crippen molar-refractivity contribution in [1.82, 2.24) is 0 Å². The summed E-state index contributed by atoms with van der Waals surface area (Å²) >= 11 is 5.67. The normalized spacial score (nSPS) is 12.2. The van der Waals surface area contributed by atoms with Crippen LogP contribution in [-0.2, 0) is 13.0 Å². The predicted molar refractivity (Wildman–Crippen MR) is 79.5 cm³/mol. The molecule has 0 spiro atoms. The van der Waals surface area contributed by atoms with E-state index in [2.05, 4.69) is 0 Å². The fourth-order valence-electron chi connectivity index (χ4n) is 1.95. The second-order valence-corrected chi connectivity index (χ2v) is 5.41. The Bertz CT molecular complexity index is 632. The molecule has 2 nitrogen and oxygen atoms in total. The highest BCUT2D eigenvalue weighted by atomic mass is 35.5. The second-order valence-electron chi connectivity index (χ2n) is 4.97. The molecular formula is C16H16ClF2NO. The van der Waals surface area contributed by atoms with Gasteiger partial charge in [-0.2, -0.15) is 0 Å². The van der Waals surface area contributed by atoms with Crippen LogP contribution in [-0.4, -0.2) is 6.04 Å². The molecule has 0 aliphatic heterocycles. The molecule has 21 heavy (non-hydrogen) atoms. The molecule has 0 radical (unpaired) electrons. The first kappa shape index (κ1) is 15.7. The van der Waals surface area contributed by atoms with Crippen LogP contribution in [0.2, 0.25) is 5.02 Å². The first-order chi connectivity index (χ1) is 9.95. The fourth-order valence-corrected chi connectivity index (χ4v) is 2.11. The van der Waals surface area contributed by atoms with Crippen LogP contribution in [0.15, 0.2) is 36.4 Å². The molecule has 1 unspecified atom stereocenters. The van der Waals surface area contributed by atoms with Gasteiger partial charge in [-0.05, 0) is 43.2 Å². The van der Waals surface area contributed by atoms with E-state index in [4.69, 9.17) is 22.1 Å². The van der Waals surface area contributed by atoms with Crippen molar-refractivity contribution in [2.45, 2.75) is 26.0 Å². The third-order valence-corrected chi connectivity index (χ3v) is 3.19. The van der Waals surface area contributed by atoms with Gasteiger partial charge in [0.1, 0.15) is 12.4 Å². The van der Waals surface area contributed by atoms with E-state index in [1.54, 1.807) is 12.1 Å². The first-order valence-corrected chi connectivity index (χ1v) is 6.94. The molecular weight excluding hydrogens is 296 g/mol. The van der Waals surface area contributed by atoms with Crippen LogP contribution in [0.4, 0.5) is 8.78 Å². The number of benzene rings is 2. The Morgan fingerprint density at radius 3 is 2.52 bits per heavy atom. The Morgan fingerprint density at radius 2 is 1.90 bits per heavy atom. The SMILES string of the molecule is CC(N)Cc1ccc(OCc2ccc(Cl)cc2F)c(F)c1. The number of halogens is 3. The fraction of sp³-hybridized carbons (Fsp3) is 0.250. The Labute approximate surface area is 127 Å². The van der Waals surface area contributed by atoms with Gasteiger partial charge in [-0.1, -0.05) is 23.7 Å². The van der Waals surface area contributed by atoms with E-state index in [1.165, 1.54) is 24.3 Å². The van der Waals surface area contributed by atoms with Gasteiger partial charge in [-0.25, -0.2) is 8.78 Å². The lowest BCUT2D eigenvalue weighted by atomic mass is 10.1. The average Bonchev–Trinajstić information content (AvgIpc) is 2.39. The summed E-state index contributed by atoms with van der Waals surface area (Å²) < 4.78 is 32.8. The van der Waals surface area contributed by atoms with Crippen molar-refractivity contribution in [1.29, 1.82) is 0 Å². The van der Waals surface area contributed by atoms with Gasteiger partial charge in [0.15, 0.2) is 11.6 Å². The molecule has 2 aromatic carbocycles. The summed E-state index contributed by atoms with van der Waals surface area (Å²) in [4.78, 5) is 0. The van der Waals surface area contributed by atoms with Crippen molar-refractivity contribution in [3.05, 3.63) is 64.2 Å². The number of hydrogen-bond donors (Lipinski definition) is 1. The van der Waals surface area contributed by atoms with E-state index >= 15 is 0 Å². The van der Waals surface area contributed by atoms with Gasteiger partial charge in [0.05, 0.1) is 0 Å². The quantitative estimate of drug-likeness (QED) is 0.902. The largest absolute Gasteiger partial charge is 0.486 e. The van der Waals surface area contributed by atoms with Crippen LogP contribution < -0.4 is 10.5 Å². The molecule has 2 N–H and O–H groups in total. The monoisotopic (exact) mass is 311 g/mol. The lowest BCUT2D eigenvalue weighted by Crippen LogP contribution is -2.17. The van der Waals surface area contributed by atoms with Crippen LogP contribution in [0, 0.1) is 11.6 Å². The van der Waals surface area contributed by atoms with Gasteiger partial charge in [-0.3, -0.25) is 0 Å². The Morgan fingerprint density at radius 1 is 1.14 bits per heavy atom. The van der Waals surface area contributed by atoms with Crippen molar-refractivity contribution < 1.29 is 13.5 Å². The second kappa shape index (κ2) is 6.87. The summed E-state index contributed by atoms with van der Waals surface area (Å²) in [6.45, 7) is 1.79. The van der Waals surface area contributed by atoms with Crippen molar-refractivity contribution in [3.63, 3.8) is 0 Å². The van der Waals surface area contributed by atoms with Crippen molar-refractivity contribution in [2.75, 3.05) is 0 Å². The maximum absolute atomic E-state index is 13.9. The maximum Gasteiger partial charge on any atom is 0.165 e. The van der Waals surface area contributed by atoms with E-state index in [-0.39, 0.29) is 18.4 Å². The zero-order chi connectivity index (χ0) is 15.4. The maximum atomic E-state index is 13.9. The highest BCUT2D eigenvalue weighted by molar-refractivity contribution is 6.30. The zero-order valence-electron chi connectivity index (χ0n) is 11.6. The molecule has 5 heteroatoms. The molecule has 0 bridgehead atoms. The van der Waals surface area contributed by atoms with Crippen LogP contribution in [0.3, 0.4) is 0 Å². The topological polar surface area (TPSA) is 35.2 Å². The molecule has 0 amide bonds. The lowest BCUT2D eigenvalue weighted by Gasteiger charge is -2.10. The molecule has 0 fully saturated rings. The lowest BCUT2D eigenvalue weighted by molar-refractivity contribution is 0.284. The Balaban J connectivity index is 2.06. The number of ether oxygens (including phenoxy) is 1. The summed E-state index contributed by atoms with van der Waals surface area (Å²) in [7, 11) is 0. The highest BCUT2D eigenvalue weighted by Gasteiger charge is 2.09. The highest BCUT2D eigenvalue weighted by Crippen LogP contribution is 2.22. The molecule has 112 valence electrons. The van der Waals surface area contributed by atoms with Gasteiger partial charge in [0.2, 0.25) is 0 Å². The zero-order valence-corrected chi connectivity index (χ0v) is 12.3. The minimum absolute atomic E-state index is 0.0423. The van der Waals surface area contributed by atoms with Crippen molar-refractivity contribution in [2.24, 2.45) is 5.73 Å². The Hall–Kier alpha value is -1.65. The van der Waals surface area contributed by atoms with Gasteiger partial charge in [-0.15, -0.1) is 0 Å². The van der Waals surface area contributed by atoms with Crippen LogP contribution in [0.5, 0.6) is 5.75 Å². The summed E-state index contributed by atoms with van der Waals surface area (Å²) in [5.74, 6) is -0.878. The van der Waals surface area contributed by atoms with Crippen LogP contribution >= 0.6 is 11.6 Å². The average molecular weight is 312 g/mol. The van der Waals surface area contributed by atoms with Crippen molar-refractivity contribution in [3.8, 4) is 5.75 Å². The molecule has 0 saturated carbocycles. The van der Waals surface area contributed by atoms with Crippen molar-refractivity contribution >= 4 is 11.6 Å². The van der Waals surface area contributed by atoms with Crippen LogP contribution in [0.25, 0.3) is 0 Å². The summed E-state index contributed by atoms with van der Waals surface area (Å²) in [5.41, 5.74) is 6.79. The summed E-state index contributed by atoms with van der Waals surface area (Å²) in [5, 5.41) is 0.308. The molecule has 0 heterocycles. The molecule has 2 aromatic rings. The summed E-state index contributed by atoms with van der Waals surface area (Å²) in [6.07, 6.45) is 0.586. The number of rotatable bonds is 5. The molecule has 1 atom stereocenters. The third kappa shape index (κ3) is 4.41. The van der Waals surface area contributed by atoms with Gasteiger partial charge in [0.25, 0.3) is 0 Å². The minimum Gasteiger partial charge on any atom is -0.486 e. The molecule has 0 aliphatic rings. The Kier molecular flexibility index (Phi) is 5.15. The minimum atomic E-state index is -0.484. The van der Waals surface area contributed by atoms with E-state index in [1.807, 2.05) is 6.92 Å². The summed E-state index contributed by atoms with van der Waals surface area (Å²) in [6, 6.07) is 8.89.